The number of alkyl halides is 1. The van der Waals surface area contributed by atoms with Crippen LogP contribution in [-0.4, -0.2) is 30.5 Å². The van der Waals surface area contributed by atoms with Gasteiger partial charge in [0, 0.05) is 24.9 Å². The van der Waals surface area contributed by atoms with Crippen LogP contribution in [0.4, 0.5) is 0 Å². The fourth-order valence-electron chi connectivity index (χ4n) is 3.13. The minimum atomic E-state index is 0.216. The van der Waals surface area contributed by atoms with E-state index in [4.69, 9.17) is 16.3 Å². The van der Waals surface area contributed by atoms with Crippen LogP contribution in [0, 0.1) is 11.8 Å². The molecule has 0 saturated heterocycles. The van der Waals surface area contributed by atoms with Gasteiger partial charge in [0.1, 0.15) is 0 Å². The summed E-state index contributed by atoms with van der Waals surface area (Å²) in [6, 6.07) is 0. The summed E-state index contributed by atoms with van der Waals surface area (Å²) < 4.78 is 5.51. The third kappa shape index (κ3) is 4.96. The van der Waals surface area contributed by atoms with E-state index in [1.165, 1.54) is 0 Å². The molecule has 0 aliphatic heterocycles. The Morgan fingerprint density at radius 3 is 2.53 bits per heavy atom. The van der Waals surface area contributed by atoms with Gasteiger partial charge in [0.05, 0.1) is 6.10 Å². The van der Waals surface area contributed by atoms with Crippen molar-refractivity contribution in [3.63, 3.8) is 0 Å². The van der Waals surface area contributed by atoms with Gasteiger partial charge in [0.2, 0.25) is 5.91 Å². The summed E-state index contributed by atoms with van der Waals surface area (Å²) in [5.41, 5.74) is 0. The second kappa shape index (κ2) is 7.49. The first-order chi connectivity index (χ1) is 9.17. The van der Waals surface area contributed by atoms with E-state index in [-0.39, 0.29) is 5.91 Å². The van der Waals surface area contributed by atoms with Crippen molar-refractivity contribution in [2.75, 3.05) is 13.2 Å². The van der Waals surface area contributed by atoms with E-state index in [0.717, 1.165) is 51.7 Å². The van der Waals surface area contributed by atoms with Crippen LogP contribution >= 0.6 is 11.6 Å². The van der Waals surface area contributed by atoms with Gasteiger partial charge in [-0.2, -0.15) is 0 Å². The molecule has 2 aliphatic carbocycles. The molecule has 0 heterocycles. The van der Waals surface area contributed by atoms with Crippen LogP contribution in [0.2, 0.25) is 0 Å². The highest BCUT2D eigenvalue weighted by molar-refractivity contribution is 6.20. The Labute approximate surface area is 121 Å². The van der Waals surface area contributed by atoms with Crippen LogP contribution in [0.5, 0.6) is 0 Å². The first-order valence-corrected chi connectivity index (χ1v) is 8.13. The average molecular weight is 288 g/mol. The molecule has 1 amide bonds. The van der Waals surface area contributed by atoms with Crippen molar-refractivity contribution in [3.8, 4) is 0 Å². The molecule has 2 aliphatic rings. The monoisotopic (exact) mass is 287 g/mol. The van der Waals surface area contributed by atoms with Gasteiger partial charge in [-0.15, -0.1) is 11.6 Å². The Morgan fingerprint density at radius 1 is 1.21 bits per heavy atom. The molecular weight excluding hydrogens is 262 g/mol. The standard InChI is InChI=1S/C15H26ClNO2/c1-2-19-14-7-12(8-14)9-15(18)17-10-11-3-5-13(16)6-4-11/h11-14H,2-10H2,1H3,(H,17,18). The lowest BCUT2D eigenvalue weighted by molar-refractivity contribution is -0.124. The van der Waals surface area contributed by atoms with Crippen molar-refractivity contribution in [1.82, 2.24) is 5.32 Å². The van der Waals surface area contributed by atoms with E-state index in [1.807, 2.05) is 6.92 Å². The first-order valence-electron chi connectivity index (χ1n) is 7.69. The highest BCUT2D eigenvalue weighted by atomic mass is 35.5. The molecule has 1 N–H and O–H groups in total. The normalized spacial score (nSPS) is 34.6. The first kappa shape index (κ1) is 15.1. The zero-order chi connectivity index (χ0) is 13.7. The summed E-state index contributed by atoms with van der Waals surface area (Å²) in [7, 11) is 0. The summed E-state index contributed by atoms with van der Waals surface area (Å²) in [5.74, 6) is 1.39. The van der Waals surface area contributed by atoms with Crippen LogP contribution in [0.1, 0.15) is 51.9 Å². The van der Waals surface area contributed by atoms with Gasteiger partial charge in [-0.1, -0.05) is 0 Å². The molecule has 0 spiro atoms. The Morgan fingerprint density at radius 2 is 1.89 bits per heavy atom. The second-order valence-corrected chi connectivity index (χ2v) is 6.66. The average Bonchev–Trinajstić information content (AvgIpc) is 2.36. The molecule has 2 fully saturated rings. The molecule has 0 atom stereocenters. The van der Waals surface area contributed by atoms with Crippen LogP contribution in [0.3, 0.4) is 0 Å². The number of hydrogen-bond donors (Lipinski definition) is 1. The van der Waals surface area contributed by atoms with E-state index in [1.54, 1.807) is 0 Å². The summed E-state index contributed by atoms with van der Waals surface area (Å²) in [5, 5.41) is 3.45. The van der Waals surface area contributed by atoms with E-state index >= 15 is 0 Å². The number of halogens is 1. The van der Waals surface area contributed by atoms with Crippen molar-refractivity contribution in [2.45, 2.75) is 63.4 Å². The summed E-state index contributed by atoms with van der Waals surface area (Å²) >= 11 is 6.08. The van der Waals surface area contributed by atoms with Crippen molar-refractivity contribution < 1.29 is 9.53 Å². The molecule has 0 aromatic heterocycles. The van der Waals surface area contributed by atoms with Crippen LogP contribution < -0.4 is 5.32 Å². The smallest absolute Gasteiger partial charge is 0.220 e. The van der Waals surface area contributed by atoms with Gasteiger partial charge >= 0.3 is 0 Å². The lowest BCUT2D eigenvalue weighted by atomic mass is 9.80. The third-order valence-corrected chi connectivity index (χ3v) is 4.87. The van der Waals surface area contributed by atoms with Crippen LogP contribution in [0.15, 0.2) is 0 Å². The molecule has 2 rings (SSSR count). The SMILES string of the molecule is CCOC1CC(CC(=O)NCC2CCC(Cl)CC2)C1. The predicted octanol–water partition coefficient (Wildman–Crippen LogP) is 3.11. The molecule has 3 nitrogen and oxygen atoms in total. The Hall–Kier alpha value is -0.280. The number of ether oxygens (including phenoxy) is 1. The predicted molar refractivity (Wildman–Crippen MR) is 77.4 cm³/mol. The van der Waals surface area contributed by atoms with Crippen molar-refractivity contribution in [1.29, 1.82) is 0 Å². The molecule has 0 bridgehead atoms. The van der Waals surface area contributed by atoms with Gasteiger partial charge in [0.25, 0.3) is 0 Å². The Balaban J connectivity index is 1.53. The van der Waals surface area contributed by atoms with E-state index in [9.17, 15) is 4.79 Å². The van der Waals surface area contributed by atoms with Crippen molar-refractivity contribution in [3.05, 3.63) is 0 Å². The van der Waals surface area contributed by atoms with Crippen LogP contribution in [0.25, 0.3) is 0 Å². The maximum absolute atomic E-state index is 11.8. The number of carbonyl (C=O) groups is 1. The minimum absolute atomic E-state index is 0.216. The molecule has 0 unspecified atom stereocenters. The fourth-order valence-corrected chi connectivity index (χ4v) is 3.38. The maximum Gasteiger partial charge on any atom is 0.220 e. The highest BCUT2D eigenvalue weighted by Gasteiger charge is 2.31. The van der Waals surface area contributed by atoms with Gasteiger partial charge in [-0.05, 0) is 57.3 Å². The molecule has 4 heteroatoms. The maximum atomic E-state index is 11.8. The molecule has 0 aromatic rings. The second-order valence-electron chi connectivity index (χ2n) is 6.04. The third-order valence-electron chi connectivity index (χ3n) is 4.43. The summed E-state index contributed by atoms with van der Waals surface area (Å²) in [6.45, 7) is 3.65. The topological polar surface area (TPSA) is 38.3 Å². The van der Waals surface area contributed by atoms with E-state index in [2.05, 4.69) is 5.32 Å². The molecule has 110 valence electrons. The quantitative estimate of drug-likeness (QED) is 0.762. The molecule has 0 radical (unpaired) electrons. The molecule has 19 heavy (non-hydrogen) atoms. The number of amides is 1. The molecule has 0 aromatic carbocycles. The number of hydrogen-bond acceptors (Lipinski definition) is 2. The van der Waals surface area contributed by atoms with Crippen LogP contribution in [-0.2, 0) is 9.53 Å². The summed E-state index contributed by atoms with van der Waals surface area (Å²) in [6.07, 6.45) is 7.70. The van der Waals surface area contributed by atoms with Gasteiger partial charge in [-0.25, -0.2) is 0 Å². The van der Waals surface area contributed by atoms with Gasteiger partial charge in [-0.3, -0.25) is 4.79 Å². The van der Waals surface area contributed by atoms with Crippen molar-refractivity contribution >= 4 is 17.5 Å². The van der Waals surface area contributed by atoms with Gasteiger partial charge < -0.3 is 10.1 Å². The van der Waals surface area contributed by atoms with E-state index < -0.39 is 0 Å². The number of carbonyl (C=O) groups excluding carboxylic acids is 1. The molecular formula is C15H26ClNO2. The Kier molecular flexibility index (Phi) is 5.96. The Bertz CT molecular complexity index is 284. The van der Waals surface area contributed by atoms with E-state index in [0.29, 0.717) is 29.7 Å². The minimum Gasteiger partial charge on any atom is -0.378 e. The lowest BCUT2D eigenvalue weighted by Gasteiger charge is -2.34. The van der Waals surface area contributed by atoms with Crippen molar-refractivity contribution in [2.24, 2.45) is 11.8 Å². The van der Waals surface area contributed by atoms with Gasteiger partial charge in [0.15, 0.2) is 0 Å². The fraction of sp³-hybridized carbons (Fsp3) is 0.933. The zero-order valence-electron chi connectivity index (χ0n) is 11.9. The largest absolute Gasteiger partial charge is 0.378 e. The summed E-state index contributed by atoms with van der Waals surface area (Å²) in [4.78, 5) is 11.8. The molecule has 2 saturated carbocycles. The zero-order valence-corrected chi connectivity index (χ0v) is 12.6. The lowest BCUT2D eigenvalue weighted by Crippen LogP contribution is -2.37. The number of nitrogens with one attached hydrogen (secondary N) is 1. The number of rotatable bonds is 6. The highest BCUT2D eigenvalue weighted by Crippen LogP contribution is 2.32.